The summed E-state index contributed by atoms with van der Waals surface area (Å²) in [5, 5.41) is 2.60. The van der Waals surface area contributed by atoms with Crippen LogP contribution in [0.5, 0.6) is 0 Å². The molecule has 0 aliphatic rings. The van der Waals surface area contributed by atoms with Crippen molar-refractivity contribution in [3.05, 3.63) is 17.6 Å². The van der Waals surface area contributed by atoms with E-state index in [1.807, 2.05) is 20.8 Å². The number of ether oxygens (including phenoxy) is 1. The molecule has 0 unspecified atom stereocenters. The molecule has 4 nitrogen and oxygen atoms in total. The van der Waals surface area contributed by atoms with Crippen LogP contribution >= 0.6 is 0 Å². The van der Waals surface area contributed by atoms with E-state index in [-0.39, 0.29) is 5.41 Å². The first-order valence-corrected chi connectivity index (χ1v) is 5.72. The Morgan fingerprint density at radius 2 is 2.00 bits per heavy atom. The fraction of sp³-hybridized carbons (Fsp3) is 0.667. The summed E-state index contributed by atoms with van der Waals surface area (Å²) in [5.74, 6) is 1.01. The number of methoxy groups -OCH3 is 1. The second kappa shape index (κ2) is 6.04. The Kier molecular flexibility index (Phi) is 4.95. The largest absolute Gasteiger partial charge is 0.378 e. The minimum Gasteiger partial charge on any atom is -0.378 e. The monoisotopic (exact) mass is 259 g/mol. The van der Waals surface area contributed by atoms with Crippen LogP contribution in [0.25, 0.3) is 0 Å². The summed E-state index contributed by atoms with van der Waals surface area (Å²) in [6, 6.07) is 1.63. The molecular weight excluding hydrogens is 240 g/mol. The zero-order valence-electron chi connectivity index (χ0n) is 11.1. The van der Waals surface area contributed by atoms with Gasteiger partial charge in [0.25, 0.3) is 6.43 Å². The zero-order valence-corrected chi connectivity index (χ0v) is 11.1. The second-order valence-corrected chi connectivity index (χ2v) is 5.02. The number of hydrogen-bond donors (Lipinski definition) is 1. The number of nitrogens with one attached hydrogen (secondary N) is 1. The van der Waals surface area contributed by atoms with E-state index in [4.69, 9.17) is 4.74 Å². The fourth-order valence-electron chi connectivity index (χ4n) is 1.33. The van der Waals surface area contributed by atoms with Crippen molar-refractivity contribution in [3.63, 3.8) is 0 Å². The zero-order chi connectivity index (χ0) is 13.8. The van der Waals surface area contributed by atoms with Crippen molar-refractivity contribution in [1.82, 2.24) is 9.97 Å². The second-order valence-electron chi connectivity index (χ2n) is 5.02. The topological polar surface area (TPSA) is 47.0 Å². The van der Waals surface area contributed by atoms with Crippen molar-refractivity contribution in [3.8, 4) is 0 Å². The molecule has 0 fully saturated rings. The molecule has 18 heavy (non-hydrogen) atoms. The van der Waals surface area contributed by atoms with Crippen molar-refractivity contribution < 1.29 is 13.5 Å². The Bertz CT molecular complexity index is 391. The van der Waals surface area contributed by atoms with Gasteiger partial charge in [0.1, 0.15) is 11.6 Å². The molecule has 0 atom stereocenters. The van der Waals surface area contributed by atoms with Gasteiger partial charge in [-0.3, -0.25) is 0 Å². The van der Waals surface area contributed by atoms with Gasteiger partial charge in [0.15, 0.2) is 0 Å². The molecule has 0 bridgehead atoms. The van der Waals surface area contributed by atoms with Crippen molar-refractivity contribution in [1.29, 1.82) is 0 Å². The van der Waals surface area contributed by atoms with Crippen LogP contribution in [0.1, 0.15) is 32.3 Å². The lowest BCUT2D eigenvalue weighted by Gasteiger charge is -2.18. The van der Waals surface area contributed by atoms with Gasteiger partial charge in [0, 0.05) is 18.6 Å². The summed E-state index contributed by atoms with van der Waals surface area (Å²) in [6.45, 7) is 5.81. The molecule has 1 heterocycles. The first-order valence-electron chi connectivity index (χ1n) is 5.72. The molecule has 1 rings (SSSR count). The smallest absolute Gasteiger partial charge is 0.255 e. The molecular formula is C12H19F2N3O. The third-order valence-corrected chi connectivity index (χ3v) is 2.18. The first-order chi connectivity index (χ1) is 8.32. The maximum absolute atomic E-state index is 12.2. The molecule has 0 aliphatic carbocycles. The Labute approximate surface area is 106 Å². The quantitative estimate of drug-likeness (QED) is 0.883. The van der Waals surface area contributed by atoms with Crippen LogP contribution < -0.4 is 5.32 Å². The standard InChI is InChI=1S/C12H19F2N3O/c1-12(2,3)11-16-8(7-18-4)5-10(17-11)15-6-9(13)14/h5,9H,6-7H2,1-4H3,(H,15,16,17). The van der Waals surface area contributed by atoms with E-state index >= 15 is 0 Å². The Hall–Kier alpha value is -1.30. The molecule has 0 aromatic carbocycles. The summed E-state index contributed by atoms with van der Waals surface area (Å²) >= 11 is 0. The molecule has 0 aliphatic heterocycles. The summed E-state index contributed by atoms with van der Waals surface area (Å²) in [6.07, 6.45) is -2.41. The van der Waals surface area contributed by atoms with Gasteiger partial charge in [-0.25, -0.2) is 18.7 Å². The summed E-state index contributed by atoms with van der Waals surface area (Å²) in [5.41, 5.74) is 0.430. The molecule has 0 saturated carbocycles. The van der Waals surface area contributed by atoms with Gasteiger partial charge in [0.05, 0.1) is 18.8 Å². The molecule has 1 aromatic heterocycles. The van der Waals surface area contributed by atoms with Crippen LogP contribution in [0.15, 0.2) is 6.07 Å². The van der Waals surface area contributed by atoms with E-state index in [1.54, 1.807) is 13.2 Å². The van der Waals surface area contributed by atoms with Crippen LogP contribution in [0.4, 0.5) is 14.6 Å². The van der Waals surface area contributed by atoms with Crippen molar-refractivity contribution in [2.24, 2.45) is 0 Å². The number of nitrogens with zero attached hydrogens (tertiary/aromatic N) is 2. The minimum absolute atomic E-state index is 0.245. The fourth-order valence-corrected chi connectivity index (χ4v) is 1.33. The lowest BCUT2D eigenvalue weighted by Crippen LogP contribution is -2.20. The van der Waals surface area contributed by atoms with Crippen molar-refractivity contribution >= 4 is 5.82 Å². The van der Waals surface area contributed by atoms with E-state index < -0.39 is 13.0 Å². The van der Waals surface area contributed by atoms with E-state index in [0.29, 0.717) is 23.9 Å². The number of halogens is 2. The normalized spacial score (nSPS) is 11.9. The predicted octanol–water partition coefficient (Wildman–Crippen LogP) is 2.60. The molecule has 0 spiro atoms. The third kappa shape index (κ3) is 4.52. The summed E-state index contributed by atoms with van der Waals surface area (Å²) in [7, 11) is 1.56. The minimum atomic E-state index is -2.41. The Morgan fingerprint density at radius 3 is 2.50 bits per heavy atom. The number of rotatable bonds is 5. The lowest BCUT2D eigenvalue weighted by atomic mass is 9.95. The van der Waals surface area contributed by atoms with Crippen molar-refractivity contribution in [2.45, 2.75) is 39.2 Å². The van der Waals surface area contributed by atoms with Gasteiger partial charge in [0.2, 0.25) is 0 Å². The maximum Gasteiger partial charge on any atom is 0.255 e. The lowest BCUT2D eigenvalue weighted by molar-refractivity contribution is 0.163. The highest BCUT2D eigenvalue weighted by atomic mass is 19.3. The molecule has 6 heteroatoms. The molecule has 102 valence electrons. The molecule has 0 amide bonds. The van der Waals surface area contributed by atoms with E-state index in [9.17, 15) is 8.78 Å². The number of alkyl halides is 2. The van der Waals surface area contributed by atoms with Crippen LogP contribution in [-0.4, -0.2) is 30.0 Å². The van der Waals surface area contributed by atoms with Gasteiger partial charge < -0.3 is 10.1 Å². The average molecular weight is 259 g/mol. The van der Waals surface area contributed by atoms with Crippen LogP contribution in [0.3, 0.4) is 0 Å². The number of aromatic nitrogens is 2. The number of anilines is 1. The van der Waals surface area contributed by atoms with Gasteiger partial charge >= 0.3 is 0 Å². The summed E-state index contributed by atoms with van der Waals surface area (Å²) < 4.78 is 29.4. The SMILES string of the molecule is COCc1cc(NCC(F)F)nc(C(C)(C)C)n1. The predicted molar refractivity (Wildman–Crippen MR) is 65.9 cm³/mol. The molecule has 1 aromatic rings. The van der Waals surface area contributed by atoms with Crippen molar-refractivity contribution in [2.75, 3.05) is 19.0 Å². The van der Waals surface area contributed by atoms with E-state index in [0.717, 1.165) is 0 Å². The van der Waals surface area contributed by atoms with Gasteiger partial charge in [-0.2, -0.15) is 0 Å². The number of hydrogen-bond acceptors (Lipinski definition) is 4. The van der Waals surface area contributed by atoms with Crippen LogP contribution in [0.2, 0.25) is 0 Å². The average Bonchev–Trinajstić information content (AvgIpc) is 2.25. The van der Waals surface area contributed by atoms with Gasteiger partial charge in [-0.1, -0.05) is 20.8 Å². The highest BCUT2D eigenvalue weighted by Gasteiger charge is 2.19. The maximum atomic E-state index is 12.2. The van der Waals surface area contributed by atoms with Gasteiger partial charge in [-0.05, 0) is 0 Å². The highest BCUT2D eigenvalue weighted by Crippen LogP contribution is 2.20. The third-order valence-electron chi connectivity index (χ3n) is 2.18. The van der Waals surface area contributed by atoms with E-state index in [2.05, 4.69) is 15.3 Å². The van der Waals surface area contributed by atoms with Crippen LogP contribution in [-0.2, 0) is 16.8 Å². The van der Waals surface area contributed by atoms with E-state index in [1.165, 1.54) is 0 Å². The molecule has 1 N–H and O–H groups in total. The van der Waals surface area contributed by atoms with Gasteiger partial charge in [-0.15, -0.1) is 0 Å². The summed E-state index contributed by atoms with van der Waals surface area (Å²) in [4.78, 5) is 8.61. The molecule has 0 saturated heterocycles. The first kappa shape index (κ1) is 14.8. The highest BCUT2D eigenvalue weighted by molar-refractivity contribution is 5.37. The molecule has 0 radical (unpaired) electrons. The van der Waals surface area contributed by atoms with Crippen LogP contribution in [0, 0.1) is 0 Å². The Morgan fingerprint density at radius 1 is 1.33 bits per heavy atom. The Balaban J connectivity index is 2.98.